The molecule has 8 heteroatoms. The summed E-state index contributed by atoms with van der Waals surface area (Å²) < 4.78 is 5.77. The third-order valence-electron chi connectivity index (χ3n) is 2.91. The van der Waals surface area contributed by atoms with E-state index in [4.69, 9.17) is 15.6 Å². The number of hydrogen-bond acceptors (Lipinski definition) is 6. The second kappa shape index (κ2) is 5.52. The quantitative estimate of drug-likeness (QED) is 0.289. The zero-order chi connectivity index (χ0) is 15.5. The van der Waals surface area contributed by atoms with Gasteiger partial charge in [0, 0.05) is 0 Å². The fourth-order valence-corrected chi connectivity index (χ4v) is 1.87. The molecule has 0 radical (unpaired) electrons. The van der Waals surface area contributed by atoms with E-state index in [1.807, 2.05) is 0 Å². The molecule has 0 unspecified atom stereocenters. The Morgan fingerprint density at radius 1 is 1.32 bits per heavy atom. The number of rotatable bonds is 3. The van der Waals surface area contributed by atoms with E-state index in [1.165, 1.54) is 12.5 Å². The molecule has 0 aliphatic heterocycles. The molecule has 110 valence electrons. The van der Waals surface area contributed by atoms with Gasteiger partial charge in [-0.1, -0.05) is 12.1 Å². The van der Waals surface area contributed by atoms with Gasteiger partial charge in [0.25, 0.3) is 0 Å². The summed E-state index contributed by atoms with van der Waals surface area (Å²) in [7, 11) is 0. The lowest BCUT2D eigenvalue weighted by Gasteiger charge is -2.06. The Labute approximate surface area is 124 Å². The van der Waals surface area contributed by atoms with E-state index >= 15 is 0 Å². The van der Waals surface area contributed by atoms with Crippen LogP contribution in [0, 0.1) is 5.41 Å². The van der Waals surface area contributed by atoms with Gasteiger partial charge in [-0.15, -0.1) is 5.10 Å². The van der Waals surface area contributed by atoms with E-state index in [0.717, 1.165) is 0 Å². The summed E-state index contributed by atoms with van der Waals surface area (Å²) >= 11 is 0. The number of nitrogens with zero attached hydrogens (tertiary/aromatic N) is 4. The van der Waals surface area contributed by atoms with Gasteiger partial charge in [-0.25, -0.2) is 4.98 Å². The Hall–Kier alpha value is -3.42. The largest absolute Gasteiger partial charge is 0.463 e. The highest BCUT2D eigenvalue weighted by Gasteiger charge is 2.10. The van der Waals surface area contributed by atoms with Crippen molar-refractivity contribution in [1.82, 2.24) is 9.71 Å². The lowest BCUT2D eigenvalue weighted by molar-refractivity contribution is 0.183. The average Bonchev–Trinajstić information content (AvgIpc) is 3.04. The molecule has 0 fully saturated rings. The number of hydrogen-bond donors (Lipinski definition) is 3. The fraction of sp³-hybridized carbons (Fsp3) is 0. The van der Waals surface area contributed by atoms with Crippen LogP contribution < -0.4 is 11.2 Å². The molecule has 3 rings (SSSR count). The molecule has 4 N–H and O–H groups in total. The maximum atomic E-state index is 9.99. The van der Waals surface area contributed by atoms with Crippen LogP contribution in [-0.2, 0) is 0 Å². The Morgan fingerprint density at radius 3 is 2.91 bits per heavy atom. The summed E-state index contributed by atoms with van der Waals surface area (Å²) in [5.41, 5.74) is 6.46. The van der Waals surface area contributed by atoms with Crippen molar-refractivity contribution in [2.75, 3.05) is 0 Å². The summed E-state index contributed by atoms with van der Waals surface area (Å²) in [5.74, 6) is 0.438. The van der Waals surface area contributed by atoms with Crippen molar-refractivity contribution >= 4 is 23.1 Å². The Balaban J connectivity index is 2.02. The maximum absolute atomic E-state index is 9.99. The van der Waals surface area contributed by atoms with E-state index in [0.29, 0.717) is 21.5 Å². The van der Waals surface area contributed by atoms with Crippen LogP contribution >= 0.6 is 0 Å². The Kier molecular flexibility index (Phi) is 3.40. The fourth-order valence-electron chi connectivity index (χ4n) is 1.87. The summed E-state index contributed by atoms with van der Waals surface area (Å²) in [4.78, 5) is 4.23. The van der Waals surface area contributed by atoms with Gasteiger partial charge in [-0.05, 0) is 24.3 Å². The van der Waals surface area contributed by atoms with Crippen LogP contribution in [0.2, 0.25) is 0 Å². The summed E-state index contributed by atoms with van der Waals surface area (Å²) in [5, 5.41) is 25.4. The zero-order valence-corrected chi connectivity index (χ0v) is 11.3. The number of amidine groups is 1. The first kappa shape index (κ1) is 13.6. The van der Waals surface area contributed by atoms with Gasteiger partial charge in [0.15, 0.2) is 17.0 Å². The predicted molar refractivity (Wildman–Crippen MR) is 79.8 cm³/mol. The van der Waals surface area contributed by atoms with Crippen molar-refractivity contribution in [2.45, 2.75) is 0 Å². The van der Waals surface area contributed by atoms with Gasteiger partial charge in [-0.2, -0.15) is 9.83 Å². The molecule has 0 saturated heterocycles. The van der Waals surface area contributed by atoms with Crippen LogP contribution in [0.4, 0.5) is 0 Å². The molecule has 0 bridgehead atoms. The van der Waals surface area contributed by atoms with E-state index in [1.54, 1.807) is 36.4 Å². The molecule has 3 aromatic rings. The first-order valence-electron chi connectivity index (χ1n) is 6.33. The van der Waals surface area contributed by atoms with Crippen molar-refractivity contribution in [3.8, 4) is 0 Å². The van der Waals surface area contributed by atoms with Crippen molar-refractivity contribution in [1.29, 1.82) is 5.41 Å². The molecule has 0 saturated carbocycles. The van der Waals surface area contributed by atoms with E-state index < -0.39 is 0 Å². The molecular formula is C14H12N6O2. The number of para-hydroxylation sites is 2. The van der Waals surface area contributed by atoms with Crippen molar-refractivity contribution in [3.05, 3.63) is 59.6 Å². The predicted octanol–water partition coefficient (Wildman–Crippen LogP) is 1.09. The van der Waals surface area contributed by atoms with Crippen LogP contribution in [0.3, 0.4) is 0 Å². The molecular weight excluding hydrogens is 284 g/mol. The van der Waals surface area contributed by atoms with Crippen LogP contribution in [0.1, 0.15) is 11.5 Å². The molecule has 0 amide bonds. The maximum Gasteiger partial charge on any atom is 0.191 e. The van der Waals surface area contributed by atoms with Crippen molar-refractivity contribution in [3.63, 3.8) is 0 Å². The minimum absolute atomic E-state index is 0.0396. The van der Waals surface area contributed by atoms with Gasteiger partial charge < -0.3 is 15.4 Å². The normalized spacial score (nSPS) is 12.3. The lowest BCUT2D eigenvalue weighted by atomic mass is 10.3. The van der Waals surface area contributed by atoms with Gasteiger partial charge in [0.1, 0.15) is 11.3 Å². The highest BCUT2D eigenvalue weighted by Crippen LogP contribution is 2.08. The third-order valence-corrected chi connectivity index (χ3v) is 2.91. The smallest absolute Gasteiger partial charge is 0.191 e. The summed E-state index contributed by atoms with van der Waals surface area (Å²) in [6.07, 6.45) is 2.89. The van der Waals surface area contributed by atoms with Gasteiger partial charge in [0.05, 0.1) is 18.0 Å². The number of aromatic nitrogens is 2. The van der Waals surface area contributed by atoms with E-state index in [2.05, 4.69) is 15.2 Å². The number of fused-ring (bicyclic) bond motifs is 1. The van der Waals surface area contributed by atoms with Crippen molar-refractivity contribution in [2.24, 2.45) is 15.9 Å². The highest BCUT2D eigenvalue weighted by molar-refractivity contribution is 5.96. The monoisotopic (exact) mass is 296 g/mol. The molecule has 8 nitrogen and oxygen atoms in total. The number of furan rings is 1. The molecule has 0 aliphatic carbocycles. The second-order valence-corrected chi connectivity index (χ2v) is 4.35. The lowest BCUT2D eigenvalue weighted by Crippen LogP contribution is -2.31. The SMILES string of the molecule is N=c1c(C(N)=NN=Cc2ccco2)nc2ccccc2n1O. The molecule has 2 aromatic heterocycles. The highest BCUT2D eigenvalue weighted by atomic mass is 16.5. The first-order valence-corrected chi connectivity index (χ1v) is 6.33. The van der Waals surface area contributed by atoms with Crippen LogP contribution in [0.5, 0.6) is 0 Å². The number of benzene rings is 1. The number of nitrogens with two attached hydrogens (primary N) is 1. The van der Waals surface area contributed by atoms with E-state index in [-0.39, 0.29) is 17.0 Å². The minimum atomic E-state index is -0.270. The molecule has 0 atom stereocenters. The van der Waals surface area contributed by atoms with Gasteiger partial charge >= 0.3 is 0 Å². The average molecular weight is 296 g/mol. The Morgan fingerprint density at radius 2 is 2.14 bits per heavy atom. The Bertz CT molecular complexity index is 924. The van der Waals surface area contributed by atoms with Crippen LogP contribution in [0.25, 0.3) is 11.0 Å². The van der Waals surface area contributed by atoms with Crippen molar-refractivity contribution < 1.29 is 9.62 Å². The summed E-state index contributed by atoms with van der Waals surface area (Å²) in [6, 6.07) is 10.3. The van der Waals surface area contributed by atoms with Gasteiger partial charge in [-0.3, -0.25) is 5.41 Å². The van der Waals surface area contributed by atoms with Gasteiger partial charge in [0.2, 0.25) is 0 Å². The summed E-state index contributed by atoms with van der Waals surface area (Å²) in [6.45, 7) is 0. The molecule has 1 aromatic carbocycles. The van der Waals surface area contributed by atoms with E-state index in [9.17, 15) is 5.21 Å². The second-order valence-electron chi connectivity index (χ2n) is 4.35. The van der Waals surface area contributed by atoms with Crippen LogP contribution in [0.15, 0.2) is 57.3 Å². The standard InChI is InChI=1S/C14H12N6O2/c15-13(19-17-8-9-4-3-7-22-9)12-14(16)20(21)11-6-2-1-5-10(11)18-12/h1-8,16,21H,(H2,15,19). The number of nitrogens with one attached hydrogen (secondary N) is 1. The van der Waals surface area contributed by atoms with Crippen LogP contribution in [-0.4, -0.2) is 27.0 Å². The minimum Gasteiger partial charge on any atom is -0.463 e. The zero-order valence-electron chi connectivity index (χ0n) is 11.3. The molecule has 2 heterocycles. The first-order chi connectivity index (χ1) is 10.7. The molecule has 0 spiro atoms. The topological polar surface area (TPSA) is 126 Å². The molecule has 0 aliphatic rings. The third kappa shape index (κ3) is 2.44. The molecule has 22 heavy (non-hydrogen) atoms.